The molecule has 0 saturated carbocycles. The Kier molecular flexibility index (Phi) is 5.31. The summed E-state index contributed by atoms with van der Waals surface area (Å²) < 4.78 is 13.1. The van der Waals surface area contributed by atoms with E-state index in [1.807, 2.05) is 18.2 Å². The molecule has 0 aromatic heterocycles. The highest BCUT2D eigenvalue weighted by Gasteiger charge is 2.24. The van der Waals surface area contributed by atoms with Crippen LogP contribution in [0.2, 0.25) is 0 Å². The fourth-order valence-electron chi connectivity index (χ4n) is 3.36. The molecule has 4 rings (SSSR count). The lowest BCUT2D eigenvalue weighted by Crippen LogP contribution is -2.35. The van der Waals surface area contributed by atoms with Crippen LogP contribution in [0.4, 0.5) is 10.1 Å². The van der Waals surface area contributed by atoms with Gasteiger partial charge in [-0.15, -0.1) is 0 Å². The number of halogens is 1. The number of rotatable bonds is 4. The van der Waals surface area contributed by atoms with Gasteiger partial charge in [0.15, 0.2) is 0 Å². The van der Waals surface area contributed by atoms with Gasteiger partial charge in [0.05, 0.1) is 9.82 Å². The molecule has 146 valence electrons. The van der Waals surface area contributed by atoms with Crippen LogP contribution in [0, 0.1) is 15.9 Å². The van der Waals surface area contributed by atoms with Gasteiger partial charge >= 0.3 is 0 Å². The van der Waals surface area contributed by atoms with E-state index in [0.717, 1.165) is 23.7 Å². The summed E-state index contributed by atoms with van der Waals surface area (Å²) in [5.41, 5.74) is 2.49. The van der Waals surface area contributed by atoms with Gasteiger partial charge in [-0.05, 0) is 53.9 Å². The van der Waals surface area contributed by atoms with Crippen molar-refractivity contribution in [3.8, 4) is 0 Å². The number of hydrogen-bond acceptors (Lipinski definition) is 4. The molecular formula is C22H17FN2O3S. The van der Waals surface area contributed by atoms with Crippen LogP contribution in [-0.2, 0) is 13.0 Å². The van der Waals surface area contributed by atoms with Crippen molar-refractivity contribution in [1.82, 2.24) is 4.90 Å². The van der Waals surface area contributed by atoms with Crippen LogP contribution < -0.4 is 0 Å². The first-order valence-electron chi connectivity index (χ1n) is 9.09. The van der Waals surface area contributed by atoms with E-state index in [1.54, 1.807) is 29.2 Å². The van der Waals surface area contributed by atoms with Crippen LogP contribution in [0.3, 0.4) is 0 Å². The van der Waals surface area contributed by atoms with E-state index in [4.69, 9.17) is 0 Å². The summed E-state index contributed by atoms with van der Waals surface area (Å²) in [6, 6.07) is 18.2. The summed E-state index contributed by atoms with van der Waals surface area (Å²) >= 11 is 1.16. The molecular weight excluding hydrogens is 391 g/mol. The first-order chi connectivity index (χ1) is 14.0. The Morgan fingerprint density at radius 3 is 2.48 bits per heavy atom. The van der Waals surface area contributed by atoms with Gasteiger partial charge in [-0.1, -0.05) is 36.0 Å². The van der Waals surface area contributed by atoms with Crippen molar-refractivity contribution in [1.29, 1.82) is 0 Å². The van der Waals surface area contributed by atoms with Gasteiger partial charge in [0.25, 0.3) is 11.6 Å². The molecule has 0 unspecified atom stereocenters. The molecule has 0 bridgehead atoms. The maximum atomic E-state index is 13.1. The minimum atomic E-state index is -0.492. The number of carbonyl (C=O) groups is 1. The van der Waals surface area contributed by atoms with Gasteiger partial charge in [0.1, 0.15) is 5.82 Å². The van der Waals surface area contributed by atoms with E-state index in [1.165, 1.54) is 23.8 Å². The molecule has 0 atom stereocenters. The topological polar surface area (TPSA) is 63.4 Å². The number of carbonyl (C=O) groups excluding carboxylic acids is 1. The predicted octanol–water partition coefficient (Wildman–Crippen LogP) is 5.08. The average molecular weight is 408 g/mol. The molecule has 7 heteroatoms. The van der Waals surface area contributed by atoms with E-state index < -0.39 is 4.92 Å². The Morgan fingerprint density at radius 2 is 1.76 bits per heavy atom. The van der Waals surface area contributed by atoms with E-state index >= 15 is 0 Å². The smallest absolute Gasteiger partial charge is 0.284 e. The highest BCUT2D eigenvalue weighted by atomic mass is 32.2. The SMILES string of the molecule is O=C(c1ccc(Sc2ccc(F)cc2)c([N+](=O)[O-])c1)N1CCc2ccccc2C1. The van der Waals surface area contributed by atoms with Gasteiger partial charge in [0, 0.05) is 29.6 Å². The first-order valence-corrected chi connectivity index (χ1v) is 9.91. The minimum Gasteiger partial charge on any atom is -0.334 e. The van der Waals surface area contributed by atoms with Crippen LogP contribution in [-0.4, -0.2) is 22.3 Å². The van der Waals surface area contributed by atoms with Crippen molar-refractivity contribution in [3.63, 3.8) is 0 Å². The van der Waals surface area contributed by atoms with Gasteiger partial charge in [-0.25, -0.2) is 4.39 Å². The quantitative estimate of drug-likeness (QED) is 0.446. The lowest BCUT2D eigenvalue weighted by molar-refractivity contribution is -0.387. The van der Waals surface area contributed by atoms with Crippen molar-refractivity contribution >= 4 is 23.4 Å². The molecule has 3 aromatic carbocycles. The number of benzene rings is 3. The standard InChI is InChI=1S/C22H17FN2O3S/c23-18-6-8-19(9-7-18)29-21-10-5-16(13-20(21)25(27)28)22(26)24-12-11-15-3-1-2-4-17(15)14-24/h1-10,13H,11-12,14H2. The predicted molar refractivity (Wildman–Crippen MR) is 109 cm³/mol. The van der Waals surface area contributed by atoms with Crippen LogP contribution in [0.15, 0.2) is 76.5 Å². The summed E-state index contributed by atoms with van der Waals surface area (Å²) in [6.45, 7) is 1.07. The summed E-state index contributed by atoms with van der Waals surface area (Å²) in [5, 5.41) is 11.6. The van der Waals surface area contributed by atoms with Crippen LogP contribution >= 0.6 is 11.8 Å². The van der Waals surface area contributed by atoms with E-state index in [9.17, 15) is 19.3 Å². The van der Waals surface area contributed by atoms with E-state index in [0.29, 0.717) is 28.4 Å². The molecule has 0 N–H and O–H groups in total. The highest BCUT2D eigenvalue weighted by molar-refractivity contribution is 7.99. The summed E-state index contributed by atoms with van der Waals surface area (Å²) in [5.74, 6) is -0.589. The zero-order chi connectivity index (χ0) is 20.4. The molecule has 1 aliphatic heterocycles. The third kappa shape index (κ3) is 4.14. The van der Waals surface area contributed by atoms with E-state index in [-0.39, 0.29) is 17.4 Å². The molecule has 29 heavy (non-hydrogen) atoms. The lowest BCUT2D eigenvalue weighted by Gasteiger charge is -2.29. The van der Waals surface area contributed by atoms with Crippen molar-refractivity contribution in [2.24, 2.45) is 0 Å². The molecule has 0 aliphatic carbocycles. The first kappa shape index (κ1) is 19.1. The molecule has 1 amide bonds. The van der Waals surface area contributed by atoms with Crippen molar-refractivity contribution < 1.29 is 14.1 Å². The maximum Gasteiger partial charge on any atom is 0.284 e. The number of amides is 1. The molecule has 0 spiro atoms. The Labute approximate surface area is 171 Å². The number of fused-ring (bicyclic) bond motifs is 1. The monoisotopic (exact) mass is 408 g/mol. The number of hydrogen-bond donors (Lipinski definition) is 0. The Hall–Kier alpha value is -3.19. The average Bonchev–Trinajstić information content (AvgIpc) is 2.74. The number of nitro benzene ring substituents is 1. The Bertz CT molecular complexity index is 1090. The highest BCUT2D eigenvalue weighted by Crippen LogP contribution is 2.36. The van der Waals surface area contributed by atoms with Gasteiger partial charge < -0.3 is 4.90 Å². The fourth-order valence-corrected chi connectivity index (χ4v) is 4.26. The summed E-state index contributed by atoms with van der Waals surface area (Å²) in [6.07, 6.45) is 0.766. The molecule has 3 aromatic rings. The second-order valence-electron chi connectivity index (χ2n) is 6.74. The van der Waals surface area contributed by atoms with Crippen LogP contribution in [0.1, 0.15) is 21.5 Å². The minimum absolute atomic E-state index is 0.136. The van der Waals surface area contributed by atoms with Gasteiger partial charge in [-0.3, -0.25) is 14.9 Å². The lowest BCUT2D eigenvalue weighted by atomic mass is 9.99. The second-order valence-corrected chi connectivity index (χ2v) is 7.86. The summed E-state index contributed by atoms with van der Waals surface area (Å²) in [7, 11) is 0. The Balaban J connectivity index is 1.58. The largest absolute Gasteiger partial charge is 0.334 e. The molecule has 1 heterocycles. The van der Waals surface area contributed by atoms with Crippen molar-refractivity contribution in [3.05, 3.63) is 99.4 Å². The number of nitrogens with zero attached hydrogens (tertiary/aromatic N) is 2. The normalized spacial score (nSPS) is 13.1. The maximum absolute atomic E-state index is 13.1. The zero-order valence-corrected chi connectivity index (χ0v) is 16.2. The zero-order valence-electron chi connectivity index (χ0n) is 15.4. The third-order valence-corrected chi connectivity index (χ3v) is 5.93. The molecule has 0 radical (unpaired) electrons. The van der Waals surface area contributed by atoms with Crippen molar-refractivity contribution in [2.75, 3.05) is 6.54 Å². The molecule has 1 aliphatic rings. The molecule has 0 saturated heterocycles. The third-order valence-electron chi connectivity index (χ3n) is 4.86. The second kappa shape index (κ2) is 8.05. The fraction of sp³-hybridized carbons (Fsp3) is 0.136. The molecule has 0 fully saturated rings. The summed E-state index contributed by atoms with van der Waals surface area (Å²) in [4.78, 5) is 26.8. The van der Waals surface area contributed by atoms with E-state index in [2.05, 4.69) is 6.07 Å². The van der Waals surface area contributed by atoms with Gasteiger partial charge in [0.2, 0.25) is 0 Å². The number of nitro groups is 1. The molecule has 5 nitrogen and oxygen atoms in total. The van der Waals surface area contributed by atoms with Gasteiger partial charge in [-0.2, -0.15) is 0 Å². The van der Waals surface area contributed by atoms with Crippen LogP contribution in [0.25, 0.3) is 0 Å². The van der Waals surface area contributed by atoms with Crippen molar-refractivity contribution in [2.45, 2.75) is 22.8 Å². The van der Waals surface area contributed by atoms with Crippen LogP contribution in [0.5, 0.6) is 0 Å². The Morgan fingerprint density at radius 1 is 1.03 bits per heavy atom.